The van der Waals surface area contributed by atoms with Crippen LogP contribution in [0.15, 0.2) is 285 Å². The van der Waals surface area contributed by atoms with Crippen molar-refractivity contribution in [1.82, 2.24) is 0 Å². The average molecular weight is 2420 g/mol. The van der Waals surface area contributed by atoms with E-state index in [0.29, 0.717) is 17.1 Å². The second-order valence-electron chi connectivity index (χ2n) is 36.6. The third kappa shape index (κ3) is 63.6. The second kappa shape index (κ2) is 93.3. The van der Waals surface area contributed by atoms with Gasteiger partial charge in [0, 0.05) is 47.8 Å². The van der Waals surface area contributed by atoms with Crippen LogP contribution in [0.3, 0.4) is 0 Å². The molecule has 3 N–H and O–H groups in total. The standard InChI is InChI=1S/C26H32BrP.C18H15P.C17H28O2.2C17H26O2.C15H24O2.C9H10O3.C8H17Br.C2H6O.CH4.BBr3/c1-2-3-4-5-6-16-23-28(27,24-17-10-7-11-18-24,25-19-12-8-13-20-25)26-21-14-9-15-22-26;1-4-10-16(11-5-1)19(17-12-6-2-7-13-17)18-14-8-3-9-15-18;3*1-4-5-6-7-8-9-10-11-15-12-16(18-2)14-17(13-15)19-3;1-2-3-4-5-6-7-8-9-13-10-14(16)12-15(17)11-13;1-11-8-3-7(6-10)4-9(5-8)12-2;1-2-3-4-5-6-7-8-9;1-2-3;;2-1(3)4/h7-15,17-22H,2-6,16,23H2,1H3;1-15H;12-14H,4-11H2,1-3H3;2*10-14H,4-9H2,1-3H3;10-12,16-17H,2-9H2,1H3;3-6H,1-2H3;2-8H2,1H3;3H,2H2,1H3;1H4;/b;;;11-10+;11-10-;;;;;;. The van der Waals surface area contributed by atoms with Crippen LogP contribution in [0.1, 0.15) is 332 Å². The van der Waals surface area contributed by atoms with E-state index < -0.39 is 13.2 Å². The van der Waals surface area contributed by atoms with E-state index in [2.05, 4.69) is 339 Å². The number of allylic oxidation sites excluding steroid dienone is 2. The number of aliphatic hydroxyl groups is 1. The van der Waals surface area contributed by atoms with Crippen LogP contribution in [-0.2, 0) is 12.8 Å². The molecule has 20 heteroatoms. The summed E-state index contributed by atoms with van der Waals surface area (Å²) in [7, 11) is 12.8. The first-order valence-electron chi connectivity index (χ1n) is 54.8. The summed E-state index contributed by atoms with van der Waals surface area (Å²) in [4.78, 5) is 10.4. The Morgan fingerprint density at radius 3 is 0.767 bits per heavy atom. The number of hydrogen-bond donors (Lipinski definition) is 3. The first-order valence-corrected chi connectivity index (χ1v) is 64.4. The number of benzene rings is 11. The topological polar surface area (TPSA) is 152 Å². The Balaban J connectivity index is 0.000000860. The van der Waals surface area contributed by atoms with Crippen LogP contribution < -0.4 is 69.7 Å². The number of hydrogen-bond acceptors (Lipinski definition) is 12. The van der Waals surface area contributed by atoms with Gasteiger partial charge < -0.3 is 53.2 Å². The molecule has 0 aliphatic heterocycles. The van der Waals surface area contributed by atoms with Gasteiger partial charge in [0.05, 0.1) is 56.9 Å². The Hall–Kier alpha value is -8.15. The summed E-state index contributed by atoms with van der Waals surface area (Å²) in [5, 5.41) is 33.2. The zero-order valence-corrected chi connectivity index (χ0v) is 103. The number of aldehydes is 1. The number of carbonyl (C=O) groups is 1. The minimum absolute atomic E-state index is 0. The van der Waals surface area contributed by atoms with Crippen LogP contribution in [0.25, 0.3) is 12.2 Å². The first kappa shape index (κ1) is 140. The number of methoxy groups -OCH3 is 8. The van der Waals surface area contributed by atoms with Gasteiger partial charge in [0.25, 0.3) is 0 Å². The van der Waals surface area contributed by atoms with Crippen molar-refractivity contribution in [3.05, 3.63) is 313 Å². The molecule has 0 saturated heterocycles. The van der Waals surface area contributed by atoms with Gasteiger partial charge in [-0.15, -0.1) is 47.3 Å². The monoisotopic (exact) mass is 2410 g/mol. The van der Waals surface area contributed by atoms with Gasteiger partial charge in [-0.05, 0) is 171 Å². The van der Waals surface area contributed by atoms with E-state index in [1.807, 2.05) is 42.5 Å². The maximum Gasteiger partial charge on any atom is 0.150 e. The third-order valence-electron chi connectivity index (χ3n) is 24.7. The number of aromatic hydroxyl groups is 2. The van der Waals surface area contributed by atoms with Crippen molar-refractivity contribution in [2.75, 3.05) is 75.0 Å². The summed E-state index contributed by atoms with van der Waals surface area (Å²) in [6, 6.07) is 93.6. The van der Waals surface area contributed by atoms with Gasteiger partial charge in [-0.2, -0.15) is 0 Å². The molecule has 0 saturated carbocycles. The normalized spacial score (nSPS) is 10.7. The van der Waals surface area contributed by atoms with Crippen molar-refractivity contribution >= 4 is 145 Å². The maximum atomic E-state index is 10.4. The number of halogens is 5. The Labute approximate surface area is 953 Å². The smallest absolute Gasteiger partial charge is 0.150 e. The molecule has 12 nitrogen and oxygen atoms in total. The van der Waals surface area contributed by atoms with E-state index in [4.69, 9.17) is 43.0 Å². The molecule has 0 atom stereocenters. The Morgan fingerprint density at radius 2 is 0.513 bits per heavy atom. The van der Waals surface area contributed by atoms with Crippen molar-refractivity contribution < 1.29 is 58.0 Å². The fraction of sp³-hybridized carbons (Fsp3) is 0.454. The number of phenolic OH excluding ortho intramolecular Hbond substituents is 2. The van der Waals surface area contributed by atoms with Crippen LogP contribution in [0.2, 0.25) is 0 Å². The number of aliphatic hydroxyl groups excluding tert-OH is 1. The first-order chi connectivity index (χ1) is 72.6. The zero-order chi connectivity index (χ0) is 109. The van der Waals surface area contributed by atoms with Crippen molar-refractivity contribution in [3.63, 3.8) is 0 Å². The number of alkyl halides is 1. The molecule has 0 bridgehead atoms. The molecule has 0 spiro atoms. The molecule has 828 valence electrons. The second-order valence-corrected chi connectivity index (χ2v) is 55.1. The van der Waals surface area contributed by atoms with Crippen LogP contribution in [-0.4, -0.2) is 99.8 Å². The van der Waals surface area contributed by atoms with E-state index >= 15 is 0 Å². The molecule has 0 fully saturated rings. The molecular formula is C130H188BBr5O12P2. The minimum atomic E-state index is -2.69. The van der Waals surface area contributed by atoms with Gasteiger partial charge in [-0.1, -0.05) is 334 Å². The number of carbonyl (C=O) groups excluding carboxylic acids is 1. The van der Waals surface area contributed by atoms with Crippen LogP contribution in [0, 0.1) is 0 Å². The average Bonchev–Trinajstić information content (AvgIpc) is 0.705. The van der Waals surface area contributed by atoms with E-state index in [0.717, 1.165) is 95.7 Å². The Kier molecular flexibility index (Phi) is 87.0. The van der Waals surface area contributed by atoms with Crippen LogP contribution in [0.5, 0.6) is 57.5 Å². The molecule has 0 aliphatic rings. The molecule has 0 heterocycles. The SMILES string of the molecule is BrB(Br)Br.C.CCCCCCC/C=C/c1cc(OC)cc(OC)c1.CCCCCCC/C=C\c1cc(OC)cc(OC)c1.CCCCCCCCBr.CCCCCCCCCc1cc(O)cc(O)c1.CCCCCCCCCc1cc(OC)cc(OC)c1.CCCCCCCCP(Br)(c1ccccc1)(c1ccccc1)c1ccccc1.CCO.COc1cc(C=O)cc(OC)c1.c1ccc(P(c2ccccc2)c2ccccc2)cc1. The molecule has 0 radical (unpaired) electrons. The Bertz CT molecular complexity index is 4700. The zero-order valence-electron chi connectivity index (χ0n) is 93.2. The molecule has 11 rings (SSSR count). The van der Waals surface area contributed by atoms with Gasteiger partial charge in [-0.25, -0.2) is 0 Å². The Morgan fingerprint density at radius 1 is 0.293 bits per heavy atom. The molecule has 150 heavy (non-hydrogen) atoms. The number of ether oxygens (including phenoxy) is 8. The van der Waals surface area contributed by atoms with Crippen molar-refractivity contribution in [1.29, 1.82) is 0 Å². The summed E-state index contributed by atoms with van der Waals surface area (Å²) in [5.41, 5.74) is 5.14. The van der Waals surface area contributed by atoms with Crippen molar-refractivity contribution in [2.24, 2.45) is 0 Å². The third-order valence-corrected chi connectivity index (χ3v) is 37.7. The number of rotatable bonds is 58. The number of aryl methyl sites for hydroxylation is 2. The molecule has 0 aromatic heterocycles. The van der Waals surface area contributed by atoms with E-state index in [1.54, 1.807) is 94.1 Å². The molecule has 0 amide bonds. The van der Waals surface area contributed by atoms with Crippen LogP contribution in [0.4, 0.5) is 0 Å². The van der Waals surface area contributed by atoms with Crippen molar-refractivity contribution in [2.45, 2.75) is 313 Å². The molecule has 11 aromatic carbocycles. The number of phenols is 2. The fourth-order valence-corrected chi connectivity index (χ4v) is 27.0. The summed E-state index contributed by atoms with van der Waals surface area (Å²) in [5.74, 6) is 6.67. The maximum absolute atomic E-state index is 10.4. The largest absolute Gasteiger partial charge is 0.497 e. The quantitative estimate of drug-likeness (QED) is 0.0109. The fourth-order valence-electron chi connectivity index (χ4n) is 16.6. The van der Waals surface area contributed by atoms with Crippen LogP contribution >= 0.6 is 91.9 Å². The predicted molar refractivity (Wildman–Crippen MR) is 678 cm³/mol. The molecule has 0 aliphatic carbocycles. The van der Waals surface area contributed by atoms with Gasteiger partial charge in [0.2, 0.25) is 0 Å². The predicted octanol–water partition coefficient (Wildman–Crippen LogP) is 38.2. The van der Waals surface area contributed by atoms with Gasteiger partial charge in [0.1, 0.15) is 63.8 Å². The number of unbranched alkanes of at least 4 members (excludes halogenated alkanes) is 32. The van der Waals surface area contributed by atoms with E-state index in [-0.39, 0.29) is 28.7 Å². The summed E-state index contributed by atoms with van der Waals surface area (Å²) < 4.78 is 41.8. The summed E-state index contributed by atoms with van der Waals surface area (Å²) in [6.45, 7) is 15.5. The molecule has 0 unspecified atom stereocenters. The molecule has 11 aromatic rings. The van der Waals surface area contributed by atoms with Crippen molar-refractivity contribution in [3.8, 4) is 57.5 Å². The minimum Gasteiger partial charge on any atom is -0.497 e. The summed E-state index contributed by atoms with van der Waals surface area (Å²) in [6.07, 6.45) is 63.0. The van der Waals surface area contributed by atoms with Gasteiger partial charge >= 0.3 is 182 Å². The van der Waals surface area contributed by atoms with E-state index in [9.17, 15) is 15.0 Å². The van der Waals surface area contributed by atoms with Gasteiger partial charge in [0.15, 0.2) is 0 Å². The summed E-state index contributed by atoms with van der Waals surface area (Å²) >= 11 is 17.3. The van der Waals surface area contributed by atoms with E-state index in [1.165, 1.54) is 274 Å². The van der Waals surface area contributed by atoms with Gasteiger partial charge in [-0.3, -0.25) is 4.79 Å². The molecular weight excluding hydrogens is 2230 g/mol.